The molecule has 11 nitrogen and oxygen atoms in total. The van der Waals surface area contributed by atoms with E-state index in [4.69, 9.17) is 15.1 Å². The van der Waals surface area contributed by atoms with E-state index >= 15 is 0 Å². The highest BCUT2D eigenvalue weighted by Crippen LogP contribution is 2.24. The molecule has 0 saturated carbocycles. The summed E-state index contributed by atoms with van der Waals surface area (Å²) in [5.74, 6) is 1.85. The van der Waals surface area contributed by atoms with Gasteiger partial charge in [-0.3, -0.25) is 4.98 Å². The molecule has 0 spiro atoms. The maximum atomic E-state index is 9.14. The summed E-state index contributed by atoms with van der Waals surface area (Å²) in [7, 11) is 0. The fourth-order valence-corrected chi connectivity index (χ4v) is 3.25. The highest BCUT2D eigenvalue weighted by Gasteiger charge is 2.14. The Kier molecular flexibility index (Phi) is 5.22. The quantitative estimate of drug-likeness (QED) is 0.399. The van der Waals surface area contributed by atoms with E-state index < -0.39 is 0 Å². The lowest BCUT2D eigenvalue weighted by Gasteiger charge is -2.09. The van der Waals surface area contributed by atoms with Crippen molar-refractivity contribution in [1.82, 2.24) is 44.5 Å². The van der Waals surface area contributed by atoms with Crippen molar-refractivity contribution >= 4 is 17.0 Å². The van der Waals surface area contributed by atoms with Crippen LogP contribution in [0.1, 0.15) is 18.2 Å². The molecule has 5 aromatic rings. The number of aromatic nitrogens is 9. The Labute approximate surface area is 182 Å². The van der Waals surface area contributed by atoms with Gasteiger partial charge in [0.25, 0.3) is 0 Å². The molecule has 0 radical (unpaired) electrons. The maximum absolute atomic E-state index is 9.14. The molecule has 0 unspecified atom stereocenters. The lowest BCUT2D eigenvalue weighted by molar-refractivity contribution is 0.276. The first-order valence-corrected chi connectivity index (χ1v) is 10.1. The summed E-state index contributed by atoms with van der Waals surface area (Å²) in [4.78, 5) is 22.5. The number of aliphatic hydroxyl groups excluding tert-OH is 1. The van der Waals surface area contributed by atoms with Crippen LogP contribution in [0.4, 0.5) is 5.82 Å². The van der Waals surface area contributed by atoms with Gasteiger partial charge in [0.05, 0.1) is 19.1 Å². The molecule has 0 saturated heterocycles. The van der Waals surface area contributed by atoms with E-state index in [-0.39, 0.29) is 6.61 Å². The van der Waals surface area contributed by atoms with Crippen LogP contribution in [0.2, 0.25) is 0 Å². The summed E-state index contributed by atoms with van der Waals surface area (Å²) in [5, 5.41) is 20.3. The standard InChI is InChI=1S/C21H20N10O/c1-2-30-13-25-18-20(26-19(27-21(18)30)15-4-3-7-22-10-15)24-9-14-5-6-17(23-8-14)31-11-16(12-32)28-29-31/h3-8,10-11,13,32H,2,9,12H2,1H3,(H,24,26,27). The zero-order valence-electron chi connectivity index (χ0n) is 17.3. The number of fused-ring (bicyclic) bond motifs is 1. The third-order valence-corrected chi connectivity index (χ3v) is 4.93. The largest absolute Gasteiger partial charge is 0.390 e. The topological polar surface area (TPSA) is 132 Å². The number of aryl methyl sites for hydroxylation is 1. The number of aliphatic hydroxyl groups is 1. The number of nitrogens with one attached hydrogen (secondary N) is 1. The average Bonchev–Trinajstić information content (AvgIpc) is 3.50. The molecule has 0 aliphatic rings. The molecule has 0 fully saturated rings. The van der Waals surface area contributed by atoms with E-state index in [1.807, 2.05) is 35.8 Å². The van der Waals surface area contributed by atoms with E-state index in [0.29, 0.717) is 35.2 Å². The van der Waals surface area contributed by atoms with Crippen LogP contribution in [0.15, 0.2) is 55.4 Å². The minimum Gasteiger partial charge on any atom is -0.390 e. The SMILES string of the molecule is CCn1cnc2c(NCc3ccc(-n4cc(CO)nn4)nc3)nc(-c3cccnc3)nc21. The Morgan fingerprint density at radius 2 is 2.03 bits per heavy atom. The number of hydrogen-bond donors (Lipinski definition) is 2. The number of anilines is 1. The van der Waals surface area contributed by atoms with Crippen LogP contribution < -0.4 is 5.32 Å². The van der Waals surface area contributed by atoms with Gasteiger partial charge in [-0.1, -0.05) is 11.3 Å². The molecule has 2 N–H and O–H groups in total. The van der Waals surface area contributed by atoms with Crippen molar-refractivity contribution in [3.05, 3.63) is 66.6 Å². The van der Waals surface area contributed by atoms with Crippen molar-refractivity contribution in [3.63, 3.8) is 0 Å². The molecule has 5 rings (SSSR count). The van der Waals surface area contributed by atoms with E-state index in [2.05, 4.69) is 30.6 Å². The molecule has 0 bridgehead atoms. The third-order valence-electron chi connectivity index (χ3n) is 4.93. The highest BCUT2D eigenvalue weighted by atomic mass is 16.3. The van der Waals surface area contributed by atoms with Crippen molar-refractivity contribution in [1.29, 1.82) is 0 Å². The fourth-order valence-electron chi connectivity index (χ4n) is 3.25. The van der Waals surface area contributed by atoms with Crippen LogP contribution in [0.25, 0.3) is 28.4 Å². The lowest BCUT2D eigenvalue weighted by atomic mass is 10.2. The molecular weight excluding hydrogens is 408 g/mol. The zero-order valence-corrected chi connectivity index (χ0v) is 17.3. The van der Waals surface area contributed by atoms with Crippen molar-refractivity contribution in [2.45, 2.75) is 26.6 Å². The van der Waals surface area contributed by atoms with E-state index in [0.717, 1.165) is 23.3 Å². The molecular formula is C21H20N10O. The normalized spacial score (nSPS) is 11.2. The summed E-state index contributed by atoms with van der Waals surface area (Å²) in [6, 6.07) is 7.58. The minimum atomic E-state index is -0.162. The summed E-state index contributed by atoms with van der Waals surface area (Å²) in [5.41, 5.74) is 3.76. The van der Waals surface area contributed by atoms with Crippen LogP contribution in [0.3, 0.4) is 0 Å². The first kappa shape index (κ1) is 19.7. The van der Waals surface area contributed by atoms with Crippen LogP contribution in [0.5, 0.6) is 0 Å². The molecule has 0 amide bonds. The minimum absolute atomic E-state index is 0.162. The van der Waals surface area contributed by atoms with Gasteiger partial charge in [0.1, 0.15) is 11.2 Å². The Bertz CT molecular complexity index is 1340. The Morgan fingerprint density at radius 3 is 2.75 bits per heavy atom. The van der Waals surface area contributed by atoms with Gasteiger partial charge >= 0.3 is 0 Å². The van der Waals surface area contributed by atoms with Gasteiger partial charge in [-0.2, -0.15) is 0 Å². The van der Waals surface area contributed by atoms with Crippen molar-refractivity contribution in [2.24, 2.45) is 0 Å². The molecule has 0 aliphatic heterocycles. The molecule has 11 heteroatoms. The van der Waals surface area contributed by atoms with Crippen LogP contribution in [0, 0.1) is 0 Å². The summed E-state index contributed by atoms with van der Waals surface area (Å²) >= 11 is 0. The van der Waals surface area contributed by atoms with E-state index in [1.54, 1.807) is 31.1 Å². The summed E-state index contributed by atoms with van der Waals surface area (Å²) in [6.07, 6.45) is 8.63. The van der Waals surface area contributed by atoms with E-state index in [9.17, 15) is 0 Å². The van der Waals surface area contributed by atoms with Crippen molar-refractivity contribution in [2.75, 3.05) is 5.32 Å². The first-order chi connectivity index (χ1) is 15.7. The molecule has 0 aromatic carbocycles. The second-order valence-electron chi connectivity index (χ2n) is 7.03. The number of rotatable bonds is 7. The van der Waals surface area contributed by atoms with Crippen LogP contribution in [-0.2, 0) is 19.7 Å². The van der Waals surface area contributed by atoms with Crippen LogP contribution >= 0.6 is 0 Å². The van der Waals surface area contributed by atoms with E-state index in [1.165, 1.54) is 4.68 Å². The number of nitrogens with zero attached hydrogens (tertiary/aromatic N) is 9. The van der Waals surface area contributed by atoms with Gasteiger partial charge in [0, 0.05) is 37.2 Å². The predicted octanol–water partition coefficient (Wildman–Crippen LogP) is 1.99. The van der Waals surface area contributed by atoms with Gasteiger partial charge in [-0.25, -0.2) is 24.6 Å². The molecule has 0 aliphatic carbocycles. The fraction of sp³-hybridized carbons (Fsp3) is 0.190. The Hall–Kier alpha value is -4.25. The smallest absolute Gasteiger partial charge is 0.166 e. The molecule has 5 aromatic heterocycles. The molecule has 5 heterocycles. The maximum Gasteiger partial charge on any atom is 0.166 e. The van der Waals surface area contributed by atoms with Crippen LogP contribution in [-0.4, -0.2) is 49.6 Å². The first-order valence-electron chi connectivity index (χ1n) is 10.1. The van der Waals surface area contributed by atoms with Gasteiger partial charge in [0.15, 0.2) is 23.1 Å². The van der Waals surface area contributed by atoms with Gasteiger partial charge in [0.2, 0.25) is 0 Å². The second-order valence-corrected chi connectivity index (χ2v) is 7.03. The lowest BCUT2D eigenvalue weighted by Crippen LogP contribution is -2.06. The third kappa shape index (κ3) is 3.76. The highest BCUT2D eigenvalue weighted by molar-refractivity contribution is 5.85. The average molecular weight is 428 g/mol. The zero-order chi connectivity index (χ0) is 21.9. The molecule has 0 atom stereocenters. The second kappa shape index (κ2) is 8.47. The Balaban J connectivity index is 1.41. The Morgan fingerprint density at radius 1 is 1.09 bits per heavy atom. The van der Waals surface area contributed by atoms with Gasteiger partial charge in [-0.05, 0) is 30.7 Å². The van der Waals surface area contributed by atoms with Crippen molar-refractivity contribution < 1.29 is 5.11 Å². The number of imidazole rings is 1. The number of pyridine rings is 2. The summed E-state index contributed by atoms with van der Waals surface area (Å²) < 4.78 is 3.51. The van der Waals surface area contributed by atoms with Crippen molar-refractivity contribution in [3.8, 4) is 17.2 Å². The predicted molar refractivity (Wildman–Crippen MR) is 117 cm³/mol. The summed E-state index contributed by atoms with van der Waals surface area (Å²) in [6.45, 7) is 3.14. The number of hydrogen-bond acceptors (Lipinski definition) is 9. The monoisotopic (exact) mass is 428 g/mol. The molecule has 32 heavy (non-hydrogen) atoms. The van der Waals surface area contributed by atoms with Gasteiger partial charge < -0.3 is 15.0 Å². The van der Waals surface area contributed by atoms with Gasteiger partial charge in [-0.15, -0.1) is 5.10 Å². The molecule has 160 valence electrons.